The molecule has 3 aliphatic rings. The Bertz CT molecular complexity index is 1390. The lowest BCUT2D eigenvalue weighted by atomic mass is 9.73. The van der Waals surface area contributed by atoms with Crippen LogP contribution in [0, 0.1) is 10.5 Å². The summed E-state index contributed by atoms with van der Waals surface area (Å²) < 4.78 is 18.8. The molecule has 39 heavy (non-hydrogen) atoms. The monoisotopic (exact) mass is 661 g/mol. The fourth-order valence-corrected chi connectivity index (χ4v) is 6.28. The van der Waals surface area contributed by atoms with E-state index in [0.29, 0.717) is 80.7 Å². The highest BCUT2D eigenvalue weighted by atomic mass is 127. The van der Waals surface area contributed by atoms with Gasteiger partial charge in [0.2, 0.25) is 0 Å². The van der Waals surface area contributed by atoms with Gasteiger partial charge >= 0.3 is 0 Å². The summed E-state index contributed by atoms with van der Waals surface area (Å²) in [5.74, 6) is 1.45. The molecule has 0 aromatic heterocycles. The van der Waals surface area contributed by atoms with Crippen molar-refractivity contribution in [2.75, 3.05) is 18.5 Å². The number of rotatable bonds is 7. The number of ether oxygens (including phenoxy) is 3. The van der Waals surface area contributed by atoms with Crippen molar-refractivity contribution in [1.82, 2.24) is 0 Å². The van der Waals surface area contributed by atoms with Gasteiger partial charge < -0.3 is 19.5 Å². The van der Waals surface area contributed by atoms with Crippen molar-refractivity contribution in [1.29, 1.82) is 0 Å². The van der Waals surface area contributed by atoms with Crippen LogP contribution in [0.1, 0.15) is 62.5 Å². The van der Waals surface area contributed by atoms with Gasteiger partial charge in [0.15, 0.2) is 29.7 Å². The maximum Gasteiger partial charge on any atom is 0.262 e. The summed E-state index contributed by atoms with van der Waals surface area (Å²) in [5.41, 5.74) is 3.44. The molecule has 1 aliphatic heterocycles. The van der Waals surface area contributed by atoms with Gasteiger partial charge in [-0.1, -0.05) is 17.7 Å². The Balaban J connectivity index is 1.46. The van der Waals surface area contributed by atoms with Crippen molar-refractivity contribution in [2.24, 2.45) is 0 Å². The zero-order valence-electron chi connectivity index (χ0n) is 21.8. The number of hydrogen-bond donors (Lipinski definition) is 1. The summed E-state index contributed by atoms with van der Waals surface area (Å²) in [6.45, 7) is 3.89. The van der Waals surface area contributed by atoms with Crippen LogP contribution in [0.4, 0.5) is 5.69 Å². The minimum atomic E-state index is -0.499. The number of benzene rings is 2. The molecule has 204 valence electrons. The molecular weight excluding hydrogens is 633 g/mol. The second kappa shape index (κ2) is 11.7. The zero-order chi connectivity index (χ0) is 27.7. The third-order valence-electron chi connectivity index (χ3n) is 7.11. The second-order valence-electron chi connectivity index (χ2n) is 9.83. The summed E-state index contributed by atoms with van der Waals surface area (Å²) in [4.78, 5) is 38.9. The first-order valence-corrected chi connectivity index (χ1v) is 14.6. The van der Waals surface area contributed by atoms with Gasteiger partial charge in [0.05, 0.1) is 10.2 Å². The predicted octanol–water partition coefficient (Wildman–Crippen LogP) is 6.80. The number of aryl methyl sites for hydroxylation is 1. The van der Waals surface area contributed by atoms with Crippen LogP contribution in [0.5, 0.6) is 11.5 Å². The molecule has 1 N–H and O–H groups in total. The van der Waals surface area contributed by atoms with Crippen LogP contribution in [-0.4, -0.2) is 30.7 Å². The number of amides is 1. The predicted molar refractivity (Wildman–Crippen MR) is 156 cm³/mol. The number of Topliss-reactive ketones (excluding diaryl/α,β-unsaturated/α-hetero) is 2. The van der Waals surface area contributed by atoms with E-state index in [-0.39, 0.29) is 24.1 Å². The van der Waals surface area contributed by atoms with Crippen LogP contribution in [0.2, 0.25) is 5.02 Å². The lowest BCUT2D eigenvalue weighted by Gasteiger charge is -2.36. The molecule has 0 bridgehead atoms. The van der Waals surface area contributed by atoms with Gasteiger partial charge in [0.1, 0.15) is 11.5 Å². The molecule has 0 radical (unpaired) electrons. The maximum absolute atomic E-state index is 13.1. The maximum atomic E-state index is 13.1. The van der Waals surface area contributed by atoms with E-state index in [2.05, 4.69) is 27.9 Å². The summed E-state index contributed by atoms with van der Waals surface area (Å²) in [7, 11) is 0. The molecule has 5 rings (SSSR count). The smallest absolute Gasteiger partial charge is 0.262 e. The van der Waals surface area contributed by atoms with E-state index in [9.17, 15) is 14.4 Å². The van der Waals surface area contributed by atoms with Crippen molar-refractivity contribution in [3.63, 3.8) is 0 Å². The molecule has 2 aromatic rings. The van der Waals surface area contributed by atoms with Crippen LogP contribution < -0.4 is 14.8 Å². The number of anilines is 1. The Morgan fingerprint density at radius 1 is 1.03 bits per heavy atom. The van der Waals surface area contributed by atoms with Crippen molar-refractivity contribution in [3.8, 4) is 11.5 Å². The minimum absolute atomic E-state index is 0.0207. The fourth-order valence-electron chi connectivity index (χ4n) is 5.31. The molecule has 2 aromatic carbocycles. The molecule has 0 saturated heterocycles. The van der Waals surface area contributed by atoms with Crippen LogP contribution >= 0.6 is 34.2 Å². The lowest BCUT2D eigenvalue weighted by Crippen LogP contribution is -2.30. The largest absolute Gasteiger partial charge is 0.490 e. The first-order valence-electron chi connectivity index (χ1n) is 13.1. The molecule has 0 fully saturated rings. The molecule has 2 aliphatic carbocycles. The Kier molecular flexibility index (Phi) is 8.32. The number of allylic oxidation sites excluding steroid dienone is 4. The first kappa shape index (κ1) is 27.7. The fraction of sp³-hybridized carbons (Fsp3) is 0.367. The Labute approximate surface area is 246 Å². The molecule has 7 nitrogen and oxygen atoms in total. The lowest BCUT2D eigenvalue weighted by molar-refractivity contribution is -0.119. The molecule has 1 heterocycles. The summed E-state index contributed by atoms with van der Waals surface area (Å²) in [5, 5.41) is 3.36. The van der Waals surface area contributed by atoms with E-state index in [0.717, 1.165) is 24.0 Å². The van der Waals surface area contributed by atoms with Crippen LogP contribution in [0.15, 0.2) is 53.0 Å². The van der Waals surface area contributed by atoms with Crippen LogP contribution in [0.3, 0.4) is 0 Å². The van der Waals surface area contributed by atoms with Gasteiger partial charge in [-0.25, -0.2) is 0 Å². The number of carbonyl (C=O) groups excluding carboxylic acids is 3. The SMILES string of the molecule is CCOc1cc(C2C3=C(CCCC3=O)OC3=C2C(=O)CCC3)cc(I)c1OCC(=O)Nc1ccc(C)c(Cl)c1. The average Bonchev–Trinajstić information content (AvgIpc) is 2.89. The van der Waals surface area contributed by atoms with Crippen molar-refractivity contribution in [2.45, 2.75) is 58.3 Å². The number of nitrogens with one attached hydrogen (secondary N) is 1. The highest BCUT2D eigenvalue weighted by Crippen LogP contribution is 2.49. The number of hydrogen-bond acceptors (Lipinski definition) is 6. The molecule has 0 saturated carbocycles. The summed E-state index contributed by atoms with van der Waals surface area (Å²) >= 11 is 8.32. The van der Waals surface area contributed by atoms with Gasteiger partial charge in [-0.05, 0) is 84.7 Å². The Morgan fingerprint density at radius 3 is 2.31 bits per heavy atom. The molecular formula is C30H29ClINO6. The molecule has 1 amide bonds. The Hall–Kier alpha value is -2.85. The quantitative estimate of drug-likeness (QED) is 0.329. The standard InChI is InChI=1S/C30H29ClINO6/c1-3-37-25-13-17(12-20(32)30(25)38-15-26(36)33-18-11-10-16(2)19(31)14-18)27-28-21(34)6-4-8-23(28)39-24-9-5-7-22(35)29(24)27/h10-14,27H,3-9,15H2,1-2H3,(H,33,36). The Morgan fingerprint density at radius 2 is 1.69 bits per heavy atom. The van der Waals surface area contributed by atoms with Crippen molar-refractivity contribution < 1.29 is 28.6 Å². The van der Waals surface area contributed by atoms with Gasteiger partial charge in [0, 0.05) is 53.5 Å². The van der Waals surface area contributed by atoms with E-state index in [1.165, 1.54) is 0 Å². The van der Waals surface area contributed by atoms with Gasteiger partial charge in [-0.15, -0.1) is 0 Å². The minimum Gasteiger partial charge on any atom is -0.490 e. The van der Waals surface area contributed by atoms with Gasteiger partial charge in [-0.2, -0.15) is 0 Å². The van der Waals surface area contributed by atoms with E-state index >= 15 is 0 Å². The van der Waals surface area contributed by atoms with Gasteiger partial charge in [-0.3, -0.25) is 14.4 Å². The van der Waals surface area contributed by atoms with Crippen LogP contribution in [-0.2, 0) is 19.1 Å². The first-order chi connectivity index (χ1) is 18.8. The molecule has 0 atom stereocenters. The summed E-state index contributed by atoms with van der Waals surface area (Å²) in [6, 6.07) is 9.04. The van der Waals surface area contributed by atoms with Gasteiger partial charge in [0.25, 0.3) is 5.91 Å². The van der Waals surface area contributed by atoms with E-state index in [1.54, 1.807) is 12.1 Å². The number of halogens is 2. The molecule has 0 spiro atoms. The third-order valence-corrected chi connectivity index (χ3v) is 8.32. The third kappa shape index (κ3) is 5.72. The van der Waals surface area contributed by atoms with E-state index < -0.39 is 5.92 Å². The normalized spacial score (nSPS) is 17.4. The average molecular weight is 662 g/mol. The topological polar surface area (TPSA) is 90.9 Å². The van der Waals surface area contributed by atoms with Crippen molar-refractivity contribution >= 4 is 57.4 Å². The zero-order valence-corrected chi connectivity index (χ0v) is 24.7. The van der Waals surface area contributed by atoms with E-state index in [1.807, 2.05) is 32.0 Å². The second-order valence-corrected chi connectivity index (χ2v) is 11.4. The molecule has 0 unspecified atom stereocenters. The number of carbonyl (C=O) groups is 3. The summed E-state index contributed by atoms with van der Waals surface area (Å²) in [6.07, 6.45) is 3.72. The van der Waals surface area contributed by atoms with E-state index in [4.69, 9.17) is 25.8 Å². The van der Waals surface area contributed by atoms with Crippen LogP contribution in [0.25, 0.3) is 0 Å². The number of ketones is 2. The highest BCUT2D eigenvalue weighted by Gasteiger charge is 2.42. The van der Waals surface area contributed by atoms with Crippen molar-refractivity contribution in [3.05, 3.63) is 72.7 Å². The molecule has 9 heteroatoms. The highest BCUT2D eigenvalue weighted by molar-refractivity contribution is 14.1.